The Morgan fingerprint density at radius 1 is 0.824 bits per heavy atom. The van der Waals surface area contributed by atoms with Crippen LogP contribution in [0.4, 0.5) is 8.78 Å². The largest absolute Gasteiger partial charge is 0.448 e. The van der Waals surface area contributed by atoms with Crippen molar-refractivity contribution in [3.8, 4) is 11.5 Å². The van der Waals surface area contributed by atoms with Crippen molar-refractivity contribution in [2.45, 2.75) is 13.8 Å². The van der Waals surface area contributed by atoms with E-state index in [1.165, 1.54) is 12.1 Å². The summed E-state index contributed by atoms with van der Waals surface area (Å²) in [6.07, 6.45) is 0. The minimum atomic E-state index is -0.773. The number of aryl methyl sites for hydroxylation is 2. The van der Waals surface area contributed by atoms with Gasteiger partial charge in [0, 0.05) is 11.4 Å². The summed E-state index contributed by atoms with van der Waals surface area (Å²) >= 11 is 0. The molecule has 0 bridgehead atoms. The van der Waals surface area contributed by atoms with E-state index in [-0.39, 0.29) is 11.5 Å². The minimum absolute atomic E-state index is 0.125. The van der Waals surface area contributed by atoms with Crippen LogP contribution in [0.3, 0.4) is 0 Å². The van der Waals surface area contributed by atoms with Gasteiger partial charge in [-0.1, -0.05) is 0 Å². The average molecular weight is 236 g/mol. The van der Waals surface area contributed by atoms with Gasteiger partial charge in [0.1, 0.15) is 0 Å². The highest BCUT2D eigenvalue weighted by Gasteiger charge is 2.10. The fourth-order valence-corrected chi connectivity index (χ4v) is 1.30. The number of ether oxygens (including phenoxy) is 1. The topological polar surface area (TPSA) is 35.0 Å². The van der Waals surface area contributed by atoms with E-state index in [0.717, 1.165) is 0 Å². The van der Waals surface area contributed by atoms with Crippen LogP contribution in [0, 0.1) is 25.7 Å². The van der Waals surface area contributed by atoms with Crippen molar-refractivity contribution in [2.75, 3.05) is 0 Å². The maximum Gasteiger partial charge on any atom is 0.256 e. The van der Waals surface area contributed by atoms with Crippen molar-refractivity contribution in [3.05, 3.63) is 47.5 Å². The first kappa shape index (κ1) is 11.4. The molecule has 5 heteroatoms. The predicted molar refractivity (Wildman–Crippen MR) is 57.9 cm³/mol. The summed E-state index contributed by atoms with van der Waals surface area (Å²) in [4.78, 5) is 7.16. The molecule has 0 N–H and O–H groups in total. The zero-order valence-electron chi connectivity index (χ0n) is 9.37. The second-order valence-corrected chi connectivity index (χ2v) is 3.59. The van der Waals surface area contributed by atoms with Gasteiger partial charge in [-0.3, -0.25) is 0 Å². The molecular weight excluding hydrogens is 226 g/mol. The molecular formula is C12H10F2N2O. The summed E-state index contributed by atoms with van der Waals surface area (Å²) in [6, 6.07) is 5.96. The molecule has 88 valence electrons. The Kier molecular flexibility index (Phi) is 2.99. The maximum absolute atomic E-state index is 13.4. The minimum Gasteiger partial charge on any atom is -0.448 e. The van der Waals surface area contributed by atoms with Crippen LogP contribution in [-0.2, 0) is 0 Å². The lowest BCUT2D eigenvalue weighted by Gasteiger charge is -2.07. The smallest absolute Gasteiger partial charge is 0.256 e. The molecule has 0 atom stereocenters. The number of nitrogens with zero attached hydrogens (tertiary/aromatic N) is 2. The summed E-state index contributed by atoms with van der Waals surface area (Å²) in [6.45, 7) is 3.31. The van der Waals surface area contributed by atoms with E-state index in [9.17, 15) is 8.78 Å². The molecule has 0 aliphatic rings. The summed E-state index contributed by atoms with van der Waals surface area (Å²) in [5.74, 6) is -1.80. The van der Waals surface area contributed by atoms with Gasteiger partial charge >= 0.3 is 0 Å². The molecule has 0 saturated carbocycles. The second-order valence-electron chi connectivity index (χ2n) is 3.59. The Bertz CT molecular complexity index is 509. The third-order valence-corrected chi connectivity index (χ3v) is 2.13. The lowest BCUT2D eigenvalue weighted by molar-refractivity contribution is 0.395. The molecule has 2 rings (SSSR count). The monoisotopic (exact) mass is 236 g/mol. The molecule has 0 aliphatic carbocycles. The molecule has 0 unspecified atom stereocenters. The van der Waals surface area contributed by atoms with E-state index < -0.39 is 11.9 Å². The molecule has 2 aromatic heterocycles. The van der Waals surface area contributed by atoms with Crippen LogP contribution in [-0.4, -0.2) is 9.97 Å². The Morgan fingerprint density at radius 3 is 1.59 bits per heavy atom. The van der Waals surface area contributed by atoms with Gasteiger partial charge in [0.2, 0.25) is 0 Å². The van der Waals surface area contributed by atoms with Crippen molar-refractivity contribution in [1.82, 2.24) is 9.97 Å². The van der Waals surface area contributed by atoms with Crippen LogP contribution < -0.4 is 4.74 Å². The van der Waals surface area contributed by atoms with E-state index in [1.807, 2.05) is 0 Å². The summed E-state index contributed by atoms with van der Waals surface area (Å²) in [5.41, 5.74) is 1.05. The molecule has 0 aliphatic heterocycles. The van der Waals surface area contributed by atoms with Crippen molar-refractivity contribution in [2.24, 2.45) is 0 Å². The van der Waals surface area contributed by atoms with Crippen molar-refractivity contribution < 1.29 is 13.5 Å². The van der Waals surface area contributed by atoms with Crippen LogP contribution in [0.1, 0.15) is 11.4 Å². The van der Waals surface area contributed by atoms with E-state index in [1.54, 1.807) is 26.0 Å². The molecule has 2 aromatic rings. The summed E-state index contributed by atoms with van der Waals surface area (Å²) in [5, 5.41) is 0. The lowest BCUT2D eigenvalue weighted by atomic mass is 10.3. The van der Waals surface area contributed by atoms with Gasteiger partial charge in [0.25, 0.3) is 11.9 Å². The highest BCUT2D eigenvalue weighted by Crippen LogP contribution is 2.25. The Labute approximate surface area is 97.1 Å². The van der Waals surface area contributed by atoms with Gasteiger partial charge < -0.3 is 4.74 Å². The lowest BCUT2D eigenvalue weighted by Crippen LogP contribution is -1.97. The third-order valence-electron chi connectivity index (χ3n) is 2.13. The standard InChI is InChI=1S/C12H10F2N2O/c1-7-3-5-9(11(13)15-7)17-10-6-4-8(2)16-12(10)14/h3-6H,1-2H3. The summed E-state index contributed by atoms with van der Waals surface area (Å²) < 4.78 is 31.8. The molecule has 0 amide bonds. The zero-order valence-corrected chi connectivity index (χ0v) is 9.37. The molecule has 0 spiro atoms. The van der Waals surface area contributed by atoms with Crippen LogP contribution >= 0.6 is 0 Å². The SMILES string of the molecule is Cc1ccc(Oc2ccc(C)nc2F)c(F)n1. The van der Waals surface area contributed by atoms with E-state index >= 15 is 0 Å². The molecule has 0 radical (unpaired) electrons. The molecule has 3 nitrogen and oxygen atoms in total. The highest BCUT2D eigenvalue weighted by atomic mass is 19.1. The van der Waals surface area contributed by atoms with Gasteiger partial charge in [0.15, 0.2) is 11.5 Å². The van der Waals surface area contributed by atoms with E-state index in [2.05, 4.69) is 9.97 Å². The molecule has 0 aromatic carbocycles. The van der Waals surface area contributed by atoms with E-state index in [0.29, 0.717) is 11.4 Å². The van der Waals surface area contributed by atoms with Gasteiger partial charge in [-0.05, 0) is 38.1 Å². The molecule has 17 heavy (non-hydrogen) atoms. The Hall–Kier alpha value is -2.04. The molecule has 0 saturated heterocycles. The maximum atomic E-state index is 13.4. The van der Waals surface area contributed by atoms with Gasteiger partial charge in [0.05, 0.1) is 0 Å². The first-order valence-corrected chi connectivity index (χ1v) is 5.00. The van der Waals surface area contributed by atoms with Crippen molar-refractivity contribution in [3.63, 3.8) is 0 Å². The highest BCUT2D eigenvalue weighted by molar-refractivity contribution is 5.30. The number of aromatic nitrogens is 2. The van der Waals surface area contributed by atoms with Gasteiger partial charge in [-0.15, -0.1) is 0 Å². The number of pyridine rings is 2. The van der Waals surface area contributed by atoms with Crippen LogP contribution in [0.25, 0.3) is 0 Å². The quantitative estimate of drug-likeness (QED) is 0.751. The van der Waals surface area contributed by atoms with Crippen molar-refractivity contribution >= 4 is 0 Å². The first-order chi connectivity index (χ1) is 8.06. The number of rotatable bonds is 2. The normalized spacial score (nSPS) is 10.4. The average Bonchev–Trinajstić information content (AvgIpc) is 2.25. The summed E-state index contributed by atoms with van der Waals surface area (Å²) in [7, 11) is 0. The molecule has 0 fully saturated rings. The third kappa shape index (κ3) is 2.55. The van der Waals surface area contributed by atoms with Gasteiger partial charge in [-0.2, -0.15) is 8.78 Å². The number of hydrogen-bond donors (Lipinski definition) is 0. The predicted octanol–water partition coefficient (Wildman–Crippen LogP) is 3.16. The molecule has 2 heterocycles. The van der Waals surface area contributed by atoms with Gasteiger partial charge in [-0.25, -0.2) is 9.97 Å². The van der Waals surface area contributed by atoms with Crippen LogP contribution in [0.15, 0.2) is 24.3 Å². The van der Waals surface area contributed by atoms with Crippen LogP contribution in [0.2, 0.25) is 0 Å². The zero-order chi connectivity index (χ0) is 12.4. The van der Waals surface area contributed by atoms with E-state index in [4.69, 9.17) is 4.74 Å². The first-order valence-electron chi connectivity index (χ1n) is 5.00. The fraction of sp³-hybridized carbons (Fsp3) is 0.167. The van der Waals surface area contributed by atoms with Crippen LogP contribution in [0.5, 0.6) is 11.5 Å². The van der Waals surface area contributed by atoms with Crippen molar-refractivity contribution in [1.29, 1.82) is 0 Å². The Balaban J connectivity index is 2.31. The Morgan fingerprint density at radius 2 is 1.24 bits per heavy atom. The fourth-order valence-electron chi connectivity index (χ4n) is 1.30. The number of halogens is 2. The second kappa shape index (κ2) is 4.45. The number of hydrogen-bond acceptors (Lipinski definition) is 3.